The van der Waals surface area contributed by atoms with Gasteiger partial charge in [0.25, 0.3) is 6.43 Å². The lowest BCUT2D eigenvalue weighted by atomic mass is 9.92. The Bertz CT molecular complexity index is 2020. The normalized spacial score (nSPS) is 25.5. The number of fused-ring (bicyclic) bond motifs is 4. The third kappa shape index (κ3) is 5.16. The Morgan fingerprint density at radius 3 is 2.80 bits per heavy atom. The molecule has 2 aromatic carbocycles. The van der Waals surface area contributed by atoms with Crippen LogP contribution in [0.3, 0.4) is 0 Å². The highest BCUT2D eigenvalue weighted by Gasteiger charge is 2.48. The van der Waals surface area contributed by atoms with E-state index in [0.29, 0.717) is 25.2 Å². The summed E-state index contributed by atoms with van der Waals surface area (Å²) in [7, 11) is 0. The molecule has 0 saturated carbocycles. The van der Waals surface area contributed by atoms with E-state index in [2.05, 4.69) is 16.8 Å². The van der Waals surface area contributed by atoms with Crippen LogP contribution < -0.4 is 20.1 Å². The zero-order valence-electron chi connectivity index (χ0n) is 26.9. The predicted molar refractivity (Wildman–Crippen MR) is 182 cm³/mol. The van der Waals surface area contributed by atoms with Gasteiger partial charge in [0.1, 0.15) is 34.8 Å². The summed E-state index contributed by atoms with van der Waals surface area (Å²) in [5, 5.41) is 10.1. The lowest BCUT2D eigenvalue weighted by molar-refractivity contribution is 0.102. The molecular formula is C35H35ClF4N6O2S. The van der Waals surface area contributed by atoms with Crippen LogP contribution >= 0.6 is 22.9 Å². The van der Waals surface area contributed by atoms with Gasteiger partial charge < -0.3 is 20.1 Å². The summed E-state index contributed by atoms with van der Waals surface area (Å²) in [6.07, 6.45) is 2.87. The van der Waals surface area contributed by atoms with Crippen molar-refractivity contribution in [2.24, 2.45) is 5.92 Å². The van der Waals surface area contributed by atoms with Crippen LogP contribution in [0.15, 0.2) is 12.1 Å². The van der Waals surface area contributed by atoms with Crippen LogP contribution in [-0.2, 0) is 0 Å². The second-order valence-corrected chi connectivity index (χ2v) is 15.3. The molecule has 0 spiro atoms. The first-order valence-electron chi connectivity index (χ1n) is 16.8. The van der Waals surface area contributed by atoms with Gasteiger partial charge in [0.15, 0.2) is 11.6 Å². The molecule has 4 aliphatic rings. The van der Waals surface area contributed by atoms with Crippen LogP contribution in [0.1, 0.15) is 63.9 Å². The number of rotatable bonds is 5. The number of hydrogen-bond acceptors (Lipinski definition) is 9. The zero-order chi connectivity index (χ0) is 34.2. The fourth-order valence-electron chi connectivity index (χ4n) is 8.83. The number of benzene rings is 2. The van der Waals surface area contributed by atoms with Crippen molar-refractivity contribution in [1.82, 2.24) is 14.9 Å². The summed E-state index contributed by atoms with van der Waals surface area (Å²) in [5.74, 6) is -0.889. The fraction of sp³-hybridized carbons (Fsp3) is 0.514. The lowest BCUT2D eigenvalue weighted by Gasteiger charge is -2.39. The van der Waals surface area contributed by atoms with Gasteiger partial charge in [0.2, 0.25) is 0 Å². The van der Waals surface area contributed by atoms with Crippen molar-refractivity contribution in [1.29, 1.82) is 5.26 Å². The summed E-state index contributed by atoms with van der Waals surface area (Å²) in [5.41, 5.74) is 5.65. The molecule has 14 heteroatoms. The van der Waals surface area contributed by atoms with Crippen LogP contribution in [0, 0.1) is 28.9 Å². The summed E-state index contributed by atoms with van der Waals surface area (Å²) in [6, 6.07) is 2.90. The first-order valence-corrected chi connectivity index (χ1v) is 18.0. The highest BCUT2D eigenvalue weighted by atomic mass is 35.5. The number of nitriles is 1. The Morgan fingerprint density at radius 1 is 1.18 bits per heavy atom. The molecule has 4 aliphatic heterocycles. The summed E-state index contributed by atoms with van der Waals surface area (Å²) >= 11 is 7.93. The minimum atomic E-state index is -2.69. The third-order valence-electron chi connectivity index (χ3n) is 10.9. The van der Waals surface area contributed by atoms with E-state index in [-0.39, 0.29) is 96.5 Å². The molecule has 3 saturated heterocycles. The Kier molecular flexibility index (Phi) is 8.19. The lowest BCUT2D eigenvalue weighted by Crippen LogP contribution is -2.48. The number of alkyl halides is 2. The summed E-state index contributed by atoms with van der Waals surface area (Å²) < 4.78 is 74.8. The Labute approximate surface area is 289 Å². The number of nitrogens with two attached hydrogens (primary N) is 1. The molecule has 3 unspecified atom stereocenters. The molecule has 0 aliphatic carbocycles. The monoisotopic (exact) mass is 714 g/mol. The van der Waals surface area contributed by atoms with Gasteiger partial charge in [0, 0.05) is 30.0 Å². The van der Waals surface area contributed by atoms with Gasteiger partial charge in [-0.2, -0.15) is 15.2 Å². The van der Waals surface area contributed by atoms with Crippen LogP contribution in [0.4, 0.5) is 28.4 Å². The largest absolute Gasteiger partial charge is 0.491 e. The van der Waals surface area contributed by atoms with Crippen molar-refractivity contribution in [2.75, 3.05) is 36.9 Å². The molecule has 2 aromatic heterocycles. The number of nitrogen functional groups attached to an aromatic ring is 1. The molecule has 8 nitrogen and oxygen atoms in total. The number of aromatic nitrogens is 2. The van der Waals surface area contributed by atoms with E-state index in [9.17, 15) is 14.0 Å². The number of halogens is 5. The second kappa shape index (κ2) is 12.3. The highest BCUT2D eigenvalue weighted by molar-refractivity contribution is 7.23. The van der Waals surface area contributed by atoms with Crippen molar-refractivity contribution >= 4 is 54.7 Å². The number of ether oxygens (including phenoxy) is 2. The Hall–Kier alpha value is -3.60. The molecule has 3 fully saturated rings. The summed E-state index contributed by atoms with van der Waals surface area (Å²) in [4.78, 5) is 13.5. The predicted octanol–water partition coefficient (Wildman–Crippen LogP) is 8.32. The van der Waals surface area contributed by atoms with Crippen molar-refractivity contribution in [3.63, 3.8) is 0 Å². The van der Waals surface area contributed by atoms with E-state index < -0.39 is 24.1 Å². The van der Waals surface area contributed by atoms with E-state index >= 15 is 8.78 Å². The smallest absolute Gasteiger partial charge is 0.319 e. The molecule has 6 heterocycles. The van der Waals surface area contributed by atoms with Crippen LogP contribution in [0.25, 0.3) is 32.1 Å². The first-order chi connectivity index (χ1) is 23.6. The molecule has 4 atom stereocenters. The van der Waals surface area contributed by atoms with Gasteiger partial charge in [-0.05, 0) is 56.2 Å². The van der Waals surface area contributed by atoms with Crippen LogP contribution in [0.5, 0.6) is 11.8 Å². The molecule has 0 amide bonds. The second-order valence-electron chi connectivity index (χ2n) is 13.9. The zero-order valence-corrected chi connectivity index (χ0v) is 28.4. The minimum absolute atomic E-state index is 0.000558. The van der Waals surface area contributed by atoms with Gasteiger partial charge in [-0.15, -0.1) is 11.3 Å². The van der Waals surface area contributed by atoms with Crippen molar-refractivity contribution < 1.29 is 27.0 Å². The van der Waals surface area contributed by atoms with Crippen molar-refractivity contribution in [2.45, 2.75) is 82.3 Å². The molecule has 4 aromatic rings. The van der Waals surface area contributed by atoms with Gasteiger partial charge >= 0.3 is 6.01 Å². The van der Waals surface area contributed by atoms with Crippen molar-refractivity contribution in [3.05, 3.63) is 34.4 Å². The molecule has 2 N–H and O–H groups in total. The van der Waals surface area contributed by atoms with Gasteiger partial charge in [-0.1, -0.05) is 37.4 Å². The number of thiophene rings is 1. The maximum atomic E-state index is 17.3. The quantitative estimate of drug-likeness (QED) is 0.206. The summed E-state index contributed by atoms with van der Waals surface area (Å²) in [6.45, 7) is 4.52. The Morgan fingerprint density at radius 2 is 2.00 bits per heavy atom. The van der Waals surface area contributed by atoms with E-state index in [4.69, 9.17) is 31.8 Å². The van der Waals surface area contributed by atoms with E-state index in [0.717, 1.165) is 50.1 Å². The highest BCUT2D eigenvalue weighted by Crippen LogP contribution is 2.52. The van der Waals surface area contributed by atoms with Gasteiger partial charge in [0.05, 0.1) is 38.9 Å². The fourth-order valence-corrected chi connectivity index (χ4v) is 10.1. The van der Waals surface area contributed by atoms with Crippen molar-refractivity contribution in [3.8, 4) is 29.0 Å². The average Bonchev–Trinajstić information content (AvgIpc) is 3.65. The van der Waals surface area contributed by atoms with Gasteiger partial charge in [-0.3, -0.25) is 4.90 Å². The number of hydrogen-bond donors (Lipinski definition) is 1. The molecule has 8 rings (SSSR count). The SMILES string of the molecule is C[C@H]1CN2CCCC2(COc2nc3c4c(c(Cl)c(-c5ccc(F)c6sc(N)c(C#N)c56)c(F)c4n2)OCCC2CCCCC(C(F)F)N32)C1. The third-order valence-corrected chi connectivity index (χ3v) is 12.3. The molecular weight excluding hydrogens is 680 g/mol. The molecule has 0 radical (unpaired) electrons. The average molecular weight is 715 g/mol. The molecule has 0 bridgehead atoms. The standard InChI is InChI=1S/C35H35ClF4N6O2S/c1-17-13-35(10-4-11-45(35)15-17)16-48-34-43-28-25-29(47-12-9-18-5-2-3-6-22(31(39)40)46(18)33(25)44-34)26(36)24(27(28)38)19-7-8-21(37)30-23(19)20(14-41)32(42)49-30/h7-8,17-18,22,31H,2-6,9-13,15-16,42H2,1H3/t17-,18?,22?,35?/m1/s1. The maximum Gasteiger partial charge on any atom is 0.319 e. The number of anilines is 2. The molecule has 49 heavy (non-hydrogen) atoms. The van der Waals surface area contributed by atoms with Gasteiger partial charge in [-0.25, -0.2) is 17.6 Å². The minimum Gasteiger partial charge on any atom is -0.491 e. The maximum absolute atomic E-state index is 17.3. The molecule has 258 valence electrons. The van der Waals surface area contributed by atoms with Crippen LogP contribution in [-0.4, -0.2) is 65.2 Å². The van der Waals surface area contributed by atoms with E-state index in [1.165, 1.54) is 12.1 Å². The number of nitrogens with zero attached hydrogens (tertiary/aromatic N) is 5. The van der Waals surface area contributed by atoms with Crippen LogP contribution in [0.2, 0.25) is 5.02 Å². The van der Waals surface area contributed by atoms with E-state index in [1.54, 1.807) is 4.90 Å². The topological polar surface area (TPSA) is 101 Å². The first kappa shape index (κ1) is 32.6. The van der Waals surface area contributed by atoms with E-state index in [1.807, 2.05) is 6.07 Å². The Balaban J connectivity index is 1.38.